The van der Waals surface area contributed by atoms with Gasteiger partial charge in [-0.15, -0.1) is 11.3 Å². The van der Waals surface area contributed by atoms with Crippen LogP contribution in [-0.2, 0) is 0 Å². The van der Waals surface area contributed by atoms with Crippen LogP contribution in [0.1, 0.15) is 0 Å². The SMILES string of the molecule is c1cc(-c2cccc3cc4c(cc23)sc2ccccc24)cc(-c2c3ccccc3c(-c3ccc4ccccc4c3)c3ccccc23)c1. The lowest BCUT2D eigenvalue weighted by Crippen LogP contribution is -1.91. The number of hydrogen-bond acceptors (Lipinski definition) is 1. The second kappa shape index (κ2) is 10.4. The van der Waals surface area contributed by atoms with Crippen LogP contribution in [0.2, 0.25) is 0 Å². The molecule has 0 saturated heterocycles. The molecule has 0 aliphatic rings. The zero-order chi connectivity index (χ0) is 30.9. The van der Waals surface area contributed by atoms with Gasteiger partial charge in [-0.25, -0.2) is 0 Å². The molecule has 0 saturated carbocycles. The third-order valence-electron chi connectivity index (χ3n) is 9.81. The Morgan fingerprint density at radius 3 is 1.60 bits per heavy atom. The lowest BCUT2D eigenvalue weighted by atomic mass is 9.85. The van der Waals surface area contributed by atoms with Gasteiger partial charge >= 0.3 is 0 Å². The Labute approximate surface area is 276 Å². The molecule has 9 aromatic carbocycles. The molecule has 0 N–H and O–H groups in total. The molecule has 0 atom stereocenters. The molecule has 0 radical (unpaired) electrons. The van der Waals surface area contributed by atoms with E-state index in [0.29, 0.717) is 0 Å². The highest BCUT2D eigenvalue weighted by molar-refractivity contribution is 7.25. The maximum absolute atomic E-state index is 2.40. The molecule has 218 valence electrons. The van der Waals surface area contributed by atoms with Crippen LogP contribution in [0.15, 0.2) is 170 Å². The molecule has 0 fully saturated rings. The van der Waals surface area contributed by atoms with Gasteiger partial charge in [0.15, 0.2) is 0 Å². The van der Waals surface area contributed by atoms with Gasteiger partial charge in [-0.2, -0.15) is 0 Å². The number of thiophene rings is 1. The molecule has 47 heavy (non-hydrogen) atoms. The zero-order valence-corrected chi connectivity index (χ0v) is 26.4. The molecule has 0 aliphatic carbocycles. The van der Waals surface area contributed by atoms with Crippen molar-refractivity contribution in [3.05, 3.63) is 170 Å². The third kappa shape index (κ3) is 4.14. The summed E-state index contributed by atoms with van der Waals surface area (Å²) in [5, 5.41) is 12.9. The maximum Gasteiger partial charge on any atom is 0.0362 e. The summed E-state index contributed by atoms with van der Waals surface area (Å²) in [6, 6.07) is 62.8. The van der Waals surface area contributed by atoms with E-state index in [-0.39, 0.29) is 0 Å². The first kappa shape index (κ1) is 26.5. The molecule has 10 aromatic rings. The first-order chi connectivity index (χ1) is 23.3. The fourth-order valence-electron chi connectivity index (χ4n) is 7.69. The Morgan fingerprint density at radius 2 is 0.851 bits per heavy atom. The molecule has 0 nitrogen and oxygen atoms in total. The zero-order valence-electron chi connectivity index (χ0n) is 25.6. The molecule has 0 unspecified atom stereocenters. The topological polar surface area (TPSA) is 0 Å². The van der Waals surface area contributed by atoms with Crippen molar-refractivity contribution in [2.24, 2.45) is 0 Å². The molecule has 10 rings (SSSR count). The van der Waals surface area contributed by atoms with E-state index in [2.05, 4.69) is 170 Å². The highest BCUT2D eigenvalue weighted by atomic mass is 32.1. The molecule has 1 heteroatoms. The molecule has 1 heterocycles. The Bertz CT molecular complexity index is 2800. The summed E-state index contributed by atoms with van der Waals surface area (Å²) < 4.78 is 2.68. The second-order valence-corrected chi connectivity index (χ2v) is 13.5. The molecule has 0 amide bonds. The van der Waals surface area contributed by atoms with Crippen LogP contribution in [0.5, 0.6) is 0 Å². The lowest BCUT2D eigenvalue weighted by Gasteiger charge is -2.18. The van der Waals surface area contributed by atoms with Crippen molar-refractivity contribution in [3.8, 4) is 33.4 Å². The highest BCUT2D eigenvalue weighted by Crippen LogP contribution is 2.45. The van der Waals surface area contributed by atoms with E-state index in [1.165, 1.54) is 96.6 Å². The first-order valence-corrected chi connectivity index (χ1v) is 17.0. The van der Waals surface area contributed by atoms with Crippen molar-refractivity contribution in [1.29, 1.82) is 0 Å². The van der Waals surface area contributed by atoms with Gasteiger partial charge in [-0.3, -0.25) is 0 Å². The van der Waals surface area contributed by atoms with Crippen LogP contribution < -0.4 is 0 Å². The largest absolute Gasteiger partial charge is 0.135 e. The van der Waals surface area contributed by atoms with E-state index >= 15 is 0 Å². The van der Waals surface area contributed by atoms with Crippen molar-refractivity contribution >= 4 is 74.6 Å². The fourth-order valence-corrected chi connectivity index (χ4v) is 8.81. The standard InChI is InChI=1S/C46H28S/c1-2-12-30-25-34(24-23-29(30)11-1)46-39-19-5-3-17-37(39)45(38-18-4-6-20-40(38)46)33-15-9-13-31(26-33)35-21-10-14-32-27-42-36-16-7-8-22-43(36)47-44(42)28-41(32)35/h1-28H. The lowest BCUT2D eigenvalue weighted by molar-refractivity contribution is 1.64. The van der Waals surface area contributed by atoms with Gasteiger partial charge in [-0.05, 0) is 107 Å². The predicted molar refractivity (Wildman–Crippen MR) is 206 cm³/mol. The summed E-state index contributed by atoms with van der Waals surface area (Å²) in [5.41, 5.74) is 7.57. The average Bonchev–Trinajstić information content (AvgIpc) is 3.50. The minimum Gasteiger partial charge on any atom is -0.135 e. The molecule has 0 spiro atoms. The van der Waals surface area contributed by atoms with E-state index in [0.717, 1.165) is 0 Å². The van der Waals surface area contributed by atoms with Gasteiger partial charge in [0.2, 0.25) is 0 Å². The van der Waals surface area contributed by atoms with Crippen LogP contribution in [0, 0.1) is 0 Å². The summed E-state index contributed by atoms with van der Waals surface area (Å²) >= 11 is 1.88. The molecule has 0 aliphatic heterocycles. The fraction of sp³-hybridized carbons (Fsp3) is 0. The first-order valence-electron chi connectivity index (χ1n) is 16.2. The Morgan fingerprint density at radius 1 is 0.277 bits per heavy atom. The van der Waals surface area contributed by atoms with E-state index in [9.17, 15) is 0 Å². The molecular formula is C46H28S. The van der Waals surface area contributed by atoms with Gasteiger partial charge in [0.25, 0.3) is 0 Å². The van der Waals surface area contributed by atoms with Crippen LogP contribution in [0.4, 0.5) is 0 Å². The quantitative estimate of drug-likeness (QED) is 0.174. The monoisotopic (exact) mass is 612 g/mol. The van der Waals surface area contributed by atoms with Crippen LogP contribution in [-0.4, -0.2) is 0 Å². The summed E-state index contributed by atoms with van der Waals surface area (Å²) in [6.07, 6.45) is 0. The Balaban J connectivity index is 1.21. The van der Waals surface area contributed by atoms with Gasteiger partial charge in [0, 0.05) is 20.2 Å². The van der Waals surface area contributed by atoms with Crippen LogP contribution >= 0.6 is 11.3 Å². The van der Waals surface area contributed by atoms with Gasteiger partial charge in [0.05, 0.1) is 0 Å². The highest BCUT2D eigenvalue weighted by Gasteiger charge is 2.18. The van der Waals surface area contributed by atoms with Crippen molar-refractivity contribution < 1.29 is 0 Å². The van der Waals surface area contributed by atoms with Gasteiger partial charge in [0.1, 0.15) is 0 Å². The van der Waals surface area contributed by atoms with Gasteiger partial charge in [-0.1, -0.05) is 140 Å². The number of fused-ring (bicyclic) bond motifs is 7. The summed E-state index contributed by atoms with van der Waals surface area (Å²) in [7, 11) is 0. The average molecular weight is 613 g/mol. The molecular weight excluding hydrogens is 585 g/mol. The number of hydrogen-bond donors (Lipinski definition) is 0. The van der Waals surface area contributed by atoms with Crippen LogP contribution in [0.25, 0.3) is 96.6 Å². The minimum atomic E-state index is 1.24. The van der Waals surface area contributed by atoms with Crippen molar-refractivity contribution in [1.82, 2.24) is 0 Å². The van der Waals surface area contributed by atoms with E-state index in [1.54, 1.807) is 0 Å². The number of benzene rings is 9. The maximum atomic E-state index is 2.40. The second-order valence-electron chi connectivity index (χ2n) is 12.5. The molecule has 1 aromatic heterocycles. The summed E-state index contributed by atoms with van der Waals surface area (Å²) in [5.74, 6) is 0. The van der Waals surface area contributed by atoms with Crippen molar-refractivity contribution in [3.63, 3.8) is 0 Å². The van der Waals surface area contributed by atoms with Gasteiger partial charge < -0.3 is 0 Å². The van der Waals surface area contributed by atoms with Crippen molar-refractivity contribution in [2.45, 2.75) is 0 Å². The predicted octanol–water partition coefficient (Wildman–Crippen LogP) is 13.7. The number of rotatable bonds is 3. The summed E-state index contributed by atoms with van der Waals surface area (Å²) in [4.78, 5) is 0. The Kier molecular flexibility index (Phi) is 5.85. The van der Waals surface area contributed by atoms with Crippen LogP contribution in [0.3, 0.4) is 0 Å². The third-order valence-corrected chi connectivity index (χ3v) is 10.9. The summed E-state index contributed by atoms with van der Waals surface area (Å²) in [6.45, 7) is 0. The Hall–Kier alpha value is -5.76. The van der Waals surface area contributed by atoms with Crippen molar-refractivity contribution in [2.75, 3.05) is 0 Å². The normalized spacial score (nSPS) is 11.8. The molecule has 0 bridgehead atoms. The van der Waals surface area contributed by atoms with E-state index < -0.39 is 0 Å². The minimum absolute atomic E-state index is 1.24. The smallest absolute Gasteiger partial charge is 0.0362 e. The van der Waals surface area contributed by atoms with E-state index in [1.807, 2.05) is 11.3 Å². The van der Waals surface area contributed by atoms with E-state index in [4.69, 9.17) is 0 Å².